The average molecular weight is 511 g/mol. The standard InChI is InChI=1S/C24H19BrN2O4S/c1-31-23-15-17-5-3-2-4-16(17)14-22(23)24(28)26-19-10-12-21(13-11-19)32(29,30)27-20-8-6-18(25)7-9-20/h2-15,27H,1H3,(H,26,28). The molecule has 4 aromatic rings. The molecule has 0 aliphatic carbocycles. The molecule has 0 saturated carbocycles. The monoisotopic (exact) mass is 510 g/mol. The van der Waals surface area contributed by atoms with Crippen molar-refractivity contribution >= 4 is 54.0 Å². The molecule has 0 aromatic heterocycles. The van der Waals surface area contributed by atoms with E-state index in [-0.39, 0.29) is 10.8 Å². The van der Waals surface area contributed by atoms with Gasteiger partial charge in [0.15, 0.2) is 0 Å². The summed E-state index contributed by atoms with van der Waals surface area (Å²) in [5.74, 6) is 0.107. The molecule has 0 heterocycles. The number of amides is 1. The molecule has 0 bridgehead atoms. The molecular formula is C24H19BrN2O4S. The number of carbonyl (C=O) groups excluding carboxylic acids is 1. The number of nitrogens with one attached hydrogen (secondary N) is 2. The zero-order valence-electron chi connectivity index (χ0n) is 17.0. The number of methoxy groups -OCH3 is 1. The third kappa shape index (κ3) is 4.76. The van der Waals surface area contributed by atoms with Gasteiger partial charge in [-0.3, -0.25) is 9.52 Å². The van der Waals surface area contributed by atoms with Gasteiger partial charge in [-0.15, -0.1) is 0 Å². The number of benzene rings is 4. The molecule has 32 heavy (non-hydrogen) atoms. The van der Waals surface area contributed by atoms with Gasteiger partial charge in [0.2, 0.25) is 0 Å². The zero-order valence-corrected chi connectivity index (χ0v) is 19.4. The Kier molecular flexibility index (Phi) is 6.16. The third-order valence-corrected chi connectivity index (χ3v) is 6.76. The molecule has 2 N–H and O–H groups in total. The van der Waals surface area contributed by atoms with Gasteiger partial charge in [-0.2, -0.15) is 0 Å². The molecule has 6 nitrogen and oxygen atoms in total. The maximum absolute atomic E-state index is 12.9. The largest absolute Gasteiger partial charge is 0.496 e. The summed E-state index contributed by atoms with van der Waals surface area (Å²) in [5, 5.41) is 4.67. The molecule has 4 rings (SSSR count). The van der Waals surface area contributed by atoms with Crippen LogP contribution >= 0.6 is 15.9 Å². The second-order valence-electron chi connectivity index (χ2n) is 6.99. The van der Waals surface area contributed by atoms with Gasteiger partial charge >= 0.3 is 0 Å². The van der Waals surface area contributed by atoms with Crippen molar-refractivity contribution < 1.29 is 17.9 Å². The van der Waals surface area contributed by atoms with Crippen LogP contribution in [0.2, 0.25) is 0 Å². The predicted octanol–water partition coefficient (Wildman–Crippen LogP) is 5.66. The number of hydrogen-bond acceptors (Lipinski definition) is 4. The molecule has 0 atom stereocenters. The zero-order chi connectivity index (χ0) is 22.7. The summed E-state index contributed by atoms with van der Waals surface area (Å²) in [6.45, 7) is 0. The Labute approximate surface area is 194 Å². The SMILES string of the molecule is COc1cc2ccccc2cc1C(=O)Nc1ccc(S(=O)(=O)Nc2ccc(Br)cc2)cc1. The van der Waals surface area contributed by atoms with E-state index in [1.807, 2.05) is 30.3 Å². The molecule has 0 spiro atoms. The van der Waals surface area contributed by atoms with Crippen LogP contribution in [-0.2, 0) is 10.0 Å². The minimum atomic E-state index is -3.76. The van der Waals surface area contributed by atoms with Gasteiger partial charge in [0, 0.05) is 15.8 Å². The van der Waals surface area contributed by atoms with Crippen LogP contribution in [0.3, 0.4) is 0 Å². The Morgan fingerprint density at radius 2 is 1.44 bits per heavy atom. The highest BCUT2D eigenvalue weighted by Gasteiger charge is 2.16. The fourth-order valence-corrected chi connectivity index (χ4v) is 4.54. The van der Waals surface area contributed by atoms with Crippen molar-refractivity contribution in [1.29, 1.82) is 0 Å². The van der Waals surface area contributed by atoms with Crippen LogP contribution in [0.25, 0.3) is 10.8 Å². The quantitative estimate of drug-likeness (QED) is 0.350. The Morgan fingerprint density at radius 3 is 2.06 bits per heavy atom. The molecular weight excluding hydrogens is 492 g/mol. The second kappa shape index (κ2) is 9.02. The Balaban J connectivity index is 1.53. The number of carbonyl (C=O) groups is 1. The molecule has 4 aromatic carbocycles. The topological polar surface area (TPSA) is 84.5 Å². The van der Waals surface area contributed by atoms with Crippen molar-refractivity contribution in [2.45, 2.75) is 4.90 Å². The van der Waals surface area contributed by atoms with E-state index < -0.39 is 10.0 Å². The number of fused-ring (bicyclic) bond motifs is 1. The molecule has 0 saturated heterocycles. The van der Waals surface area contributed by atoms with Crippen molar-refractivity contribution in [3.05, 3.63) is 95.0 Å². The average Bonchev–Trinajstić information content (AvgIpc) is 2.80. The van der Waals surface area contributed by atoms with Gasteiger partial charge in [-0.05, 0) is 71.4 Å². The molecule has 8 heteroatoms. The Bertz CT molecular complexity index is 1390. The number of rotatable bonds is 6. The number of anilines is 2. The number of halogens is 1. The lowest BCUT2D eigenvalue weighted by Crippen LogP contribution is -2.15. The lowest BCUT2D eigenvalue weighted by molar-refractivity contribution is 0.102. The van der Waals surface area contributed by atoms with Gasteiger partial charge < -0.3 is 10.1 Å². The van der Waals surface area contributed by atoms with Gasteiger partial charge in [0.25, 0.3) is 15.9 Å². The summed E-state index contributed by atoms with van der Waals surface area (Å²) in [6.07, 6.45) is 0. The van der Waals surface area contributed by atoms with Crippen molar-refractivity contribution in [1.82, 2.24) is 0 Å². The number of hydrogen-bond donors (Lipinski definition) is 2. The lowest BCUT2D eigenvalue weighted by atomic mass is 10.1. The van der Waals surface area contributed by atoms with Crippen LogP contribution in [-0.4, -0.2) is 21.4 Å². The van der Waals surface area contributed by atoms with Gasteiger partial charge in [0.05, 0.1) is 17.6 Å². The van der Waals surface area contributed by atoms with E-state index in [1.165, 1.54) is 19.2 Å². The van der Waals surface area contributed by atoms with Crippen LogP contribution in [0.4, 0.5) is 11.4 Å². The van der Waals surface area contributed by atoms with E-state index in [0.717, 1.165) is 15.2 Å². The van der Waals surface area contributed by atoms with Crippen LogP contribution in [0, 0.1) is 0 Å². The Hall–Kier alpha value is -3.36. The highest BCUT2D eigenvalue weighted by Crippen LogP contribution is 2.27. The summed E-state index contributed by atoms with van der Waals surface area (Å²) in [7, 11) is -2.24. The smallest absolute Gasteiger partial charge is 0.261 e. The maximum Gasteiger partial charge on any atom is 0.261 e. The van der Waals surface area contributed by atoms with Crippen molar-refractivity contribution in [2.24, 2.45) is 0 Å². The van der Waals surface area contributed by atoms with Gasteiger partial charge in [0.1, 0.15) is 5.75 Å². The van der Waals surface area contributed by atoms with E-state index in [1.54, 1.807) is 42.5 Å². The number of sulfonamides is 1. The van der Waals surface area contributed by atoms with E-state index in [9.17, 15) is 13.2 Å². The minimum absolute atomic E-state index is 0.0849. The minimum Gasteiger partial charge on any atom is -0.496 e. The first-order chi connectivity index (χ1) is 15.4. The van der Waals surface area contributed by atoms with Gasteiger partial charge in [-0.1, -0.05) is 40.2 Å². The first-order valence-corrected chi connectivity index (χ1v) is 11.9. The molecule has 1 amide bonds. The van der Waals surface area contributed by atoms with E-state index >= 15 is 0 Å². The van der Waals surface area contributed by atoms with Crippen LogP contribution in [0.15, 0.2) is 94.3 Å². The fourth-order valence-electron chi connectivity index (χ4n) is 3.21. The van der Waals surface area contributed by atoms with Crippen LogP contribution in [0.5, 0.6) is 5.75 Å². The normalized spacial score (nSPS) is 11.2. The maximum atomic E-state index is 12.9. The Morgan fingerprint density at radius 1 is 0.844 bits per heavy atom. The lowest BCUT2D eigenvalue weighted by Gasteiger charge is -2.12. The first kappa shape index (κ1) is 21.9. The number of ether oxygens (including phenoxy) is 1. The predicted molar refractivity (Wildman–Crippen MR) is 130 cm³/mol. The van der Waals surface area contributed by atoms with E-state index in [4.69, 9.17) is 4.74 Å². The summed E-state index contributed by atoms with van der Waals surface area (Å²) in [6, 6.07) is 24.0. The molecule has 0 unspecified atom stereocenters. The van der Waals surface area contributed by atoms with Crippen LogP contribution < -0.4 is 14.8 Å². The van der Waals surface area contributed by atoms with Crippen molar-refractivity contribution in [2.75, 3.05) is 17.1 Å². The highest BCUT2D eigenvalue weighted by molar-refractivity contribution is 9.10. The van der Waals surface area contributed by atoms with Crippen molar-refractivity contribution in [3.63, 3.8) is 0 Å². The second-order valence-corrected chi connectivity index (χ2v) is 9.59. The molecule has 0 fully saturated rings. The fraction of sp³-hybridized carbons (Fsp3) is 0.0417. The summed E-state index contributed by atoms with van der Waals surface area (Å²) >= 11 is 3.32. The molecule has 0 aliphatic rings. The highest BCUT2D eigenvalue weighted by atomic mass is 79.9. The molecule has 0 radical (unpaired) electrons. The van der Waals surface area contributed by atoms with Gasteiger partial charge in [-0.25, -0.2) is 8.42 Å². The summed E-state index contributed by atoms with van der Waals surface area (Å²) in [5.41, 5.74) is 1.31. The van der Waals surface area contributed by atoms with Crippen LogP contribution in [0.1, 0.15) is 10.4 Å². The first-order valence-electron chi connectivity index (χ1n) is 9.62. The van der Waals surface area contributed by atoms with E-state index in [0.29, 0.717) is 22.7 Å². The molecule has 0 aliphatic heterocycles. The third-order valence-electron chi connectivity index (χ3n) is 4.83. The van der Waals surface area contributed by atoms with E-state index in [2.05, 4.69) is 26.0 Å². The summed E-state index contributed by atoms with van der Waals surface area (Å²) in [4.78, 5) is 12.9. The van der Waals surface area contributed by atoms with Crippen molar-refractivity contribution in [3.8, 4) is 5.75 Å². The summed E-state index contributed by atoms with van der Waals surface area (Å²) < 4.78 is 34.0. The molecule has 162 valence electrons.